The van der Waals surface area contributed by atoms with E-state index in [1.807, 2.05) is 24.5 Å². The van der Waals surface area contributed by atoms with Crippen molar-refractivity contribution in [3.63, 3.8) is 0 Å². The van der Waals surface area contributed by atoms with Crippen molar-refractivity contribution in [3.05, 3.63) is 48.7 Å². The van der Waals surface area contributed by atoms with Gasteiger partial charge < -0.3 is 21.1 Å². The molecule has 8 heteroatoms. The molecule has 1 aromatic carbocycles. The maximum absolute atomic E-state index is 12.5. The molecule has 2 amide bonds. The smallest absolute Gasteiger partial charge is 0.258 e. The van der Waals surface area contributed by atoms with E-state index in [2.05, 4.69) is 15.6 Å². The number of carbonyl (C=O) groups excluding carboxylic acids is 2. The van der Waals surface area contributed by atoms with Crippen LogP contribution < -0.4 is 21.1 Å². The van der Waals surface area contributed by atoms with Gasteiger partial charge in [0.25, 0.3) is 5.91 Å². The molecule has 1 unspecified atom stereocenters. The minimum Gasteiger partial charge on any atom is -0.484 e. The maximum Gasteiger partial charge on any atom is 0.258 e. The van der Waals surface area contributed by atoms with Crippen molar-refractivity contribution in [2.24, 2.45) is 0 Å². The minimum atomic E-state index is -0.660. The van der Waals surface area contributed by atoms with Crippen LogP contribution in [0.5, 0.6) is 5.75 Å². The highest BCUT2D eigenvalue weighted by atomic mass is 32.2. The highest BCUT2D eigenvalue weighted by Crippen LogP contribution is 2.10. The molecule has 1 aromatic heterocycles. The van der Waals surface area contributed by atoms with Crippen molar-refractivity contribution >= 4 is 35.1 Å². The van der Waals surface area contributed by atoms with Gasteiger partial charge in [0.15, 0.2) is 6.61 Å². The highest BCUT2D eigenvalue weighted by Gasteiger charge is 2.21. The largest absolute Gasteiger partial charge is 0.484 e. The number of thioether (sulfide) groups is 1. The van der Waals surface area contributed by atoms with E-state index in [0.29, 0.717) is 23.7 Å². The fourth-order valence-electron chi connectivity index (χ4n) is 2.11. The predicted molar refractivity (Wildman–Crippen MR) is 104 cm³/mol. The lowest BCUT2D eigenvalue weighted by Gasteiger charge is -2.18. The lowest BCUT2D eigenvalue weighted by molar-refractivity contribution is -0.127. The van der Waals surface area contributed by atoms with Gasteiger partial charge in [0.2, 0.25) is 5.91 Å². The SMILES string of the molecule is CSCCC(NC(=O)COc1ccccc1)C(=O)Nc1ccc(N)nc1. The quantitative estimate of drug-likeness (QED) is 0.619. The molecular formula is C18H22N4O3S. The van der Waals surface area contributed by atoms with E-state index in [-0.39, 0.29) is 18.4 Å². The first-order valence-corrected chi connectivity index (χ1v) is 9.46. The molecule has 0 spiro atoms. The number of pyridine rings is 1. The van der Waals surface area contributed by atoms with E-state index >= 15 is 0 Å². The molecule has 2 rings (SSSR count). The van der Waals surface area contributed by atoms with E-state index < -0.39 is 6.04 Å². The Balaban J connectivity index is 1.91. The van der Waals surface area contributed by atoms with Gasteiger partial charge in [0.05, 0.1) is 11.9 Å². The van der Waals surface area contributed by atoms with E-state index in [9.17, 15) is 9.59 Å². The summed E-state index contributed by atoms with van der Waals surface area (Å²) in [6, 6.07) is 11.6. The number of nitrogens with one attached hydrogen (secondary N) is 2. The lowest BCUT2D eigenvalue weighted by atomic mass is 10.2. The van der Waals surface area contributed by atoms with Crippen LogP contribution in [0.25, 0.3) is 0 Å². The van der Waals surface area contributed by atoms with Crippen LogP contribution in [0.3, 0.4) is 0 Å². The van der Waals surface area contributed by atoms with Gasteiger partial charge in [-0.25, -0.2) is 4.98 Å². The van der Waals surface area contributed by atoms with Crippen LogP contribution in [0.15, 0.2) is 48.7 Å². The number of aromatic nitrogens is 1. The number of nitrogens with zero attached hydrogens (tertiary/aromatic N) is 1. The zero-order valence-electron chi connectivity index (χ0n) is 14.5. The van der Waals surface area contributed by atoms with Crippen LogP contribution in [-0.4, -0.2) is 41.5 Å². The van der Waals surface area contributed by atoms with Gasteiger partial charge in [-0.1, -0.05) is 18.2 Å². The van der Waals surface area contributed by atoms with Crippen molar-refractivity contribution in [3.8, 4) is 5.75 Å². The molecule has 0 bridgehead atoms. The zero-order chi connectivity index (χ0) is 18.8. The number of hydrogen-bond acceptors (Lipinski definition) is 6. The first kappa shape index (κ1) is 19.6. The molecule has 7 nitrogen and oxygen atoms in total. The molecule has 26 heavy (non-hydrogen) atoms. The number of ether oxygens (including phenoxy) is 1. The molecular weight excluding hydrogens is 352 g/mol. The van der Waals surface area contributed by atoms with Gasteiger partial charge in [-0.15, -0.1) is 0 Å². The standard InChI is InChI=1S/C18H22N4O3S/c1-26-10-9-15(18(24)21-13-7-8-16(19)20-11-13)22-17(23)12-25-14-5-3-2-4-6-14/h2-8,11,15H,9-10,12H2,1H3,(H2,19,20)(H,21,24)(H,22,23). The minimum absolute atomic E-state index is 0.156. The Bertz CT molecular complexity index is 710. The molecule has 0 saturated carbocycles. The number of amides is 2. The molecule has 2 aromatic rings. The number of rotatable bonds is 9. The average Bonchev–Trinajstić information content (AvgIpc) is 2.66. The van der Waals surface area contributed by atoms with Crippen molar-refractivity contribution in [1.82, 2.24) is 10.3 Å². The number of anilines is 2. The Morgan fingerprint density at radius 2 is 2.00 bits per heavy atom. The molecule has 0 aliphatic heterocycles. The van der Waals surface area contributed by atoms with Gasteiger partial charge in [0, 0.05) is 0 Å². The summed E-state index contributed by atoms with van der Waals surface area (Å²) in [6.45, 7) is -0.156. The molecule has 0 aliphatic rings. The topological polar surface area (TPSA) is 106 Å². The second-order valence-corrected chi connectivity index (χ2v) is 6.45. The van der Waals surface area contributed by atoms with E-state index in [1.165, 1.54) is 6.20 Å². The van der Waals surface area contributed by atoms with E-state index in [4.69, 9.17) is 10.5 Å². The molecule has 138 valence electrons. The first-order chi connectivity index (χ1) is 12.6. The summed E-state index contributed by atoms with van der Waals surface area (Å²) in [5.41, 5.74) is 6.05. The van der Waals surface area contributed by atoms with Crippen molar-refractivity contribution in [1.29, 1.82) is 0 Å². The van der Waals surface area contributed by atoms with E-state index in [0.717, 1.165) is 5.75 Å². The number of hydrogen-bond donors (Lipinski definition) is 3. The Labute approximate surface area is 156 Å². The van der Waals surface area contributed by atoms with Crippen molar-refractivity contribution in [2.45, 2.75) is 12.5 Å². The average molecular weight is 374 g/mol. The monoisotopic (exact) mass is 374 g/mol. The highest BCUT2D eigenvalue weighted by molar-refractivity contribution is 7.98. The molecule has 0 saturated heterocycles. The molecule has 0 fully saturated rings. The third-order valence-electron chi connectivity index (χ3n) is 3.43. The number of carbonyl (C=O) groups is 2. The summed E-state index contributed by atoms with van der Waals surface area (Å²) in [5.74, 6) is 1.04. The van der Waals surface area contributed by atoms with Crippen molar-refractivity contribution < 1.29 is 14.3 Å². The third-order valence-corrected chi connectivity index (χ3v) is 4.07. The van der Waals surface area contributed by atoms with E-state index in [1.54, 1.807) is 36.0 Å². The van der Waals surface area contributed by atoms with Gasteiger partial charge >= 0.3 is 0 Å². The van der Waals surface area contributed by atoms with Crippen LogP contribution >= 0.6 is 11.8 Å². The van der Waals surface area contributed by atoms with Crippen LogP contribution in [0.4, 0.5) is 11.5 Å². The van der Waals surface area contributed by atoms with Gasteiger partial charge in [-0.2, -0.15) is 11.8 Å². The number of para-hydroxylation sites is 1. The summed E-state index contributed by atoms with van der Waals surface area (Å²) in [5, 5.41) is 5.45. The van der Waals surface area contributed by atoms with Gasteiger partial charge in [-0.3, -0.25) is 9.59 Å². The Hall–Kier alpha value is -2.74. The molecule has 4 N–H and O–H groups in total. The fourth-order valence-corrected chi connectivity index (χ4v) is 2.59. The van der Waals surface area contributed by atoms with Crippen LogP contribution in [0, 0.1) is 0 Å². The summed E-state index contributed by atoms with van der Waals surface area (Å²) in [7, 11) is 0. The maximum atomic E-state index is 12.5. The molecule has 1 atom stereocenters. The Morgan fingerprint density at radius 3 is 2.65 bits per heavy atom. The fraction of sp³-hybridized carbons (Fsp3) is 0.278. The van der Waals surface area contributed by atoms with Crippen LogP contribution in [0.1, 0.15) is 6.42 Å². The molecule has 0 aliphatic carbocycles. The Morgan fingerprint density at radius 1 is 1.23 bits per heavy atom. The summed E-state index contributed by atoms with van der Waals surface area (Å²) >= 11 is 1.60. The Kier molecular flexibility index (Phi) is 7.75. The molecule has 0 radical (unpaired) electrons. The van der Waals surface area contributed by atoms with Crippen LogP contribution in [0.2, 0.25) is 0 Å². The van der Waals surface area contributed by atoms with Gasteiger partial charge in [-0.05, 0) is 42.7 Å². The van der Waals surface area contributed by atoms with Crippen molar-refractivity contribution in [2.75, 3.05) is 29.7 Å². The summed E-state index contributed by atoms with van der Waals surface area (Å²) < 4.78 is 5.41. The predicted octanol–water partition coefficient (Wildman–Crippen LogP) is 1.92. The number of nitrogens with two attached hydrogens (primary N) is 1. The van der Waals surface area contributed by atoms with Crippen LogP contribution in [-0.2, 0) is 9.59 Å². The third kappa shape index (κ3) is 6.64. The zero-order valence-corrected chi connectivity index (χ0v) is 15.3. The normalized spacial score (nSPS) is 11.4. The second-order valence-electron chi connectivity index (χ2n) is 5.46. The van der Waals surface area contributed by atoms with Gasteiger partial charge in [0.1, 0.15) is 17.6 Å². The summed E-state index contributed by atoms with van der Waals surface area (Å²) in [4.78, 5) is 28.5. The number of benzene rings is 1. The molecule has 1 heterocycles. The summed E-state index contributed by atoms with van der Waals surface area (Å²) in [6.07, 6.45) is 3.92. The number of nitrogen functional groups attached to an aromatic ring is 1. The first-order valence-electron chi connectivity index (χ1n) is 8.07. The lowest BCUT2D eigenvalue weighted by Crippen LogP contribution is -2.45. The second kappa shape index (κ2) is 10.3.